The molecule has 0 aliphatic carbocycles. The number of H-pyrrole nitrogens is 1. The number of halogens is 1. The molecule has 0 aliphatic heterocycles. The van der Waals surface area contributed by atoms with Crippen molar-refractivity contribution in [3.8, 4) is 0 Å². The van der Waals surface area contributed by atoms with Crippen LogP contribution in [0.25, 0.3) is 0 Å². The van der Waals surface area contributed by atoms with Crippen molar-refractivity contribution in [1.82, 2.24) is 20.5 Å². The zero-order valence-corrected chi connectivity index (χ0v) is 9.86. The first-order chi connectivity index (χ1) is 7.77. The Morgan fingerprint density at radius 2 is 2.25 bits per heavy atom. The predicted octanol–water partition coefficient (Wildman–Crippen LogP) is 1.50. The Morgan fingerprint density at radius 1 is 1.44 bits per heavy atom. The average Bonchev–Trinajstić information content (AvgIpc) is 2.79. The Labute approximate surface area is 100 Å². The van der Waals surface area contributed by atoms with Crippen LogP contribution in [0.3, 0.4) is 0 Å². The maximum Gasteiger partial charge on any atom is 0.252 e. The van der Waals surface area contributed by atoms with Crippen molar-refractivity contribution in [2.75, 3.05) is 0 Å². The van der Waals surface area contributed by atoms with Crippen molar-refractivity contribution in [2.24, 2.45) is 0 Å². The van der Waals surface area contributed by atoms with E-state index in [1.54, 1.807) is 6.07 Å². The average molecular weight is 281 g/mol. The van der Waals surface area contributed by atoms with Crippen LogP contribution < -0.4 is 5.32 Å². The quantitative estimate of drug-likeness (QED) is 0.895. The Morgan fingerprint density at radius 3 is 2.94 bits per heavy atom. The molecular formula is C10H9BrN4O. The first kappa shape index (κ1) is 10.8. The number of hydrogen-bond acceptors (Lipinski definition) is 3. The van der Waals surface area contributed by atoms with Crippen molar-refractivity contribution in [3.05, 3.63) is 46.5 Å². The lowest BCUT2D eigenvalue weighted by Gasteiger charge is -2.04. The summed E-state index contributed by atoms with van der Waals surface area (Å²) in [6.07, 6.45) is 1.40. The van der Waals surface area contributed by atoms with Gasteiger partial charge in [0, 0.05) is 4.47 Å². The molecular weight excluding hydrogens is 272 g/mol. The highest BCUT2D eigenvalue weighted by molar-refractivity contribution is 9.10. The summed E-state index contributed by atoms with van der Waals surface area (Å²) in [5.41, 5.74) is 0.599. The van der Waals surface area contributed by atoms with E-state index in [9.17, 15) is 4.79 Å². The summed E-state index contributed by atoms with van der Waals surface area (Å²) in [4.78, 5) is 15.7. The van der Waals surface area contributed by atoms with Crippen molar-refractivity contribution in [2.45, 2.75) is 6.54 Å². The molecule has 6 heteroatoms. The van der Waals surface area contributed by atoms with E-state index in [-0.39, 0.29) is 5.91 Å². The second-order valence-electron chi connectivity index (χ2n) is 3.09. The molecule has 1 heterocycles. The topological polar surface area (TPSA) is 70.7 Å². The van der Waals surface area contributed by atoms with Crippen molar-refractivity contribution in [1.29, 1.82) is 0 Å². The normalized spacial score (nSPS) is 10.1. The summed E-state index contributed by atoms with van der Waals surface area (Å²) < 4.78 is 0.769. The third-order valence-corrected chi connectivity index (χ3v) is 2.69. The molecule has 16 heavy (non-hydrogen) atoms. The van der Waals surface area contributed by atoms with Crippen LogP contribution in [0, 0.1) is 0 Å². The van der Waals surface area contributed by atoms with Gasteiger partial charge in [0.1, 0.15) is 12.2 Å². The highest BCUT2D eigenvalue weighted by atomic mass is 79.9. The molecule has 1 aromatic carbocycles. The molecule has 0 aliphatic rings. The summed E-state index contributed by atoms with van der Waals surface area (Å²) in [7, 11) is 0. The van der Waals surface area contributed by atoms with Crippen LogP contribution in [-0.2, 0) is 6.54 Å². The van der Waals surface area contributed by atoms with Crippen LogP contribution in [-0.4, -0.2) is 21.1 Å². The van der Waals surface area contributed by atoms with Crippen LogP contribution in [0.5, 0.6) is 0 Å². The van der Waals surface area contributed by atoms with Gasteiger partial charge in [0.25, 0.3) is 5.91 Å². The smallest absolute Gasteiger partial charge is 0.252 e. The van der Waals surface area contributed by atoms with Crippen molar-refractivity contribution < 1.29 is 4.79 Å². The standard InChI is InChI=1S/C10H9BrN4O/c11-8-4-2-1-3-7(8)10(16)12-5-9-13-6-14-15-9/h1-4,6H,5H2,(H,12,16)(H,13,14,15). The summed E-state index contributed by atoms with van der Waals surface area (Å²) in [5.74, 6) is 0.476. The number of nitrogens with zero attached hydrogens (tertiary/aromatic N) is 2. The lowest BCUT2D eigenvalue weighted by Crippen LogP contribution is -2.23. The highest BCUT2D eigenvalue weighted by Gasteiger charge is 2.08. The fourth-order valence-corrected chi connectivity index (χ4v) is 1.69. The van der Waals surface area contributed by atoms with E-state index in [4.69, 9.17) is 0 Å². The second-order valence-corrected chi connectivity index (χ2v) is 3.95. The largest absolute Gasteiger partial charge is 0.345 e. The van der Waals surface area contributed by atoms with Crippen LogP contribution in [0.1, 0.15) is 16.2 Å². The van der Waals surface area contributed by atoms with E-state index in [2.05, 4.69) is 36.4 Å². The Hall–Kier alpha value is -1.69. The number of amides is 1. The van der Waals surface area contributed by atoms with Gasteiger partial charge in [-0.15, -0.1) is 0 Å². The third kappa shape index (κ3) is 2.46. The molecule has 1 aromatic heterocycles. The monoisotopic (exact) mass is 280 g/mol. The SMILES string of the molecule is O=C(NCc1ncn[nH]1)c1ccccc1Br. The molecule has 0 saturated heterocycles. The van der Waals surface area contributed by atoms with E-state index >= 15 is 0 Å². The first-order valence-electron chi connectivity index (χ1n) is 4.64. The number of hydrogen-bond donors (Lipinski definition) is 2. The minimum atomic E-state index is -0.149. The lowest BCUT2D eigenvalue weighted by molar-refractivity contribution is 0.0949. The molecule has 5 nitrogen and oxygen atoms in total. The van der Waals surface area contributed by atoms with Gasteiger partial charge in [-0.1, -0.05) is 12.1 Å². The fourth-order valence-electron chi connectivity index (χ4n) is 1.22. The number of aromatic amines is 1. The summed E-state index contributed by atoms with van der Waals surface area (Å²) >= 11 is 3.32. The van der Waals surface area contributed by atoms with Crippen molar-refractivity contribution >= 4 is 21.8 Å². The Bertz CT molecular complexity index is 483. The van der Waals surface area contributed by atoms with Gasteiger partial charge in [-0.25, -0.2) is 4.98 Å². The highest BCUT2D eigenvalue weighted by Crippen LogP contribution is 2.15. The van der Waals surface area contributed by atoms with Crippen LogP contribution in [0.2, 0.25) is 0 Å². The van der Waals surface area contributed by atoms with Gasteiger partial charge in [-0.3, -0.25) is 9.89 Å². The molecule has 2 rings (SSSR count). The van der Waals surface area contributed by atoms with E-state index < -0.39 is 0 Å². The molecule has 0 radical (unpaired) electrons. The first-order valence-corrected chi connectivity index (χ1v) is 5.43. The summed E-state index contributed by atoms with van der Waals surface area (Å²) in [6.45, 7) is 0.333. The van der Waals surface area contributed by atoms with Crippen LogP contribution in [0.15, 0.2) is 35.1 Å². The van der Waals surface area contributed by atoms with Crippen LogP contribution in [0.4, 0.5) is 0 Å². The molecule has 1 amide bonds. The van der Waals surface area contributed by atoms with Gasteiger partial charge in [0.2, 0.25) is 0 Å². The van der Waals surface area contributed by atoms with Gasteiger partial charge in [-0.05, 0) is 28.1 Å². The number of nitrogens with one attached hydrogen (secondary N) is 2. The maximum absolute atomic E-state index is 11.8. The molecule has 0 bridgehead atoms. The zero-order chi connectivity index (χ0) is 11.4. The molecule has 2 N–H and O–H groups in total. The number of carbonyl (C=O) groups excluding carboxylic acids is 1. The number of rotatable bonds is 3. The number of benzene rings is 1. The van der Waals surface area contributed by atoms with E-state index in [0.717, 1.165) is 4.47 Å². The zero-order valence-electron chi connectivity index (χ0n) is 8.27. The minimum Gasteiger partial charge on any atom is -0.345 e. The molecule has 0 atom stereocenters. The van der Waals surface area contributed by atoms with Crippen LogP contribution >= 0.6 is 15.9 Å². The number of carbonyl (C=O) groups is 1. The Balaban J connectivity index is 2.01. The van der Waals surface area contributed by atoms with Gasteiger partial charge in [-0.2, -0.15) is 5.10 Å². The van der Waals surface area contributed by atoms with Gasteiger partial charge in [0.05, 0.1) is 12.1 Å². The molecule has 0 spiro atoms. The predicted molar refractivity (Wildman–Crippen MR) is 61.7 cm³/mol. The van der Waals surface area contributed by atoms with Gasteiger partial charge in [0.15, 0.2) is 0 Å². The van der Waals surface area contributed by atoms with Gasteiger partial charge < -0.3 is 5.32 Å². The maximum atomic E-state index is 11.8. The second kappa shape index (κ2) is 4.89. The lowest BCUT2D eigenvalue weighted by atomic mass is 10.2. The summed E-state index contributed by atoms with van der Waals surface area (Å²) in [6, 6.07) is 7.24. The molecule has 2 aromatic rings. The third-order valence-electron chi connectivity index (χ3n) is 2.00. The minimum absolute atomic E-state index is 0.149. The molecule has 82 valence electrons. The van der Waals surface area contributed by atoms with E-state index in [0.29, 0.717) is 17.9 Å². The number of aromatic nitrogens is 3. The molecule has 0 saturated carbocycles. The molecule has 0 fully saturated rings. The van der Waals surface area contributed by atoms with Gasteiger partial charge >= 0.3 is 0 Å². The molecule has 0 unspecified atom stereocenters. The van der Waals surface area contributed by atoms with Crippen molar-refractivity contribution in [3.63, 3.8) is 0 Å². The Kier molecular flexibility index (Phi) is 3.31. The van der Waals surface area contributed by atoms with E-state index in [1.165, 1.54) is 6.33 Å². The van der Waals surface area contributed by atoms with E-state index in [1.807, 2.05) is 18.2 Å². The fraction of sp³-hybridized carbons (Fsp3) is 0.100. The summed E-state index contributed by atoms with van der Waals surface area (Å²) in [5, 5.41) is 9.10.